The Hall–Kier alpha value is -4.61. The highest BCUT2D eigenvalue weighted by molar-refractivity contribution is 7.91. The number of hydrogen-bond acceptors (Lipinski definition) is 7. The molecule has 0 aromatic heterocycles. The Bertz CT molecular complexity index is 1570. The maximum Gasteiger partial charge on any atom is 0.339 e. The second kappa shape index (κ2) is 14.4. The summed E-state index contributed by atoms with van der Waals surface area (Å²) >= 11 is 0. The lowest BCUT2D eigenvalue weighted by Gasteiger charge is -2.12. The molecule has 0 saturated heterocycles. The van der Waals surface area contributed by atoms with Gasteiger partial charge in [-0.05, 0) is 49.4 Å². The van der Waals surface area contributed by atoms with E-state index in [0.717, 1.165) is 0 Å². The van der Waals surface area contributed by atoms with Crippen LogP contribution in [-0.4, -0.2) is 22.9 Å². The van der Waals surface area contributed by atoms with Gasteiger partial charge >= 0.3 is 26.3 Å². The van der Waals surface area contributed by atoms with E-state index in [1.54, 1.807) is 6.92 Å². The second-order valence-electron chi connectivity index (χ2n) is 7.40. The van der Waals surface area contributed by atoms with Crippen molar-refractivity contribution in [1.82, 2.24) is 0 Å². The SMILES string of the molecule is C=C/C=C\C(=C/C)S(=O)(=O)Oc1cccc(NC(=O)Nc2cccc(OS(=O)(=O)C(/C=C\C=C)=C/C=C)c2)c1. The molecule has 0 atom stereocenters. The van der Waals surface area contributed by atoms with Crippen LogP contribution in [0.5, 0.6) is 11.5 Å². The summed E-state index contributed by atoms with van der Waals surface area (Å²) in [6.45, 7) is 12.1. The molecule has 0 heterocycles. The van der Waals surface area contributed by atoms with Gasteiger partial charge in [-0.25, -0.2) is 4.79 Å². The normalized spacial score (nSPS) is 12.6. The fraction of sp³-hybridized carbons (Fsp3) is 0.0357. The van der Waals surface area contributed by atoms with Crippen LogP contribution in [0.1, 0.15) is 6.92 Å². The maximum absolute atomic E-state index is 12.6. The van der Waals surface area contributed by atoms with Gasteiger partial charge in [0.2, 0.25) is 0 Å². The van der Waals surface area contributed by atoms with Gasteiger partial charge < -0.3 is 19.0 Å². The van der Waals surface area contributed by atoms with Gasteiger partial charge in [-0.1, -0.05) is 68.3 Å². The number of benzene rings is 2. The highest BCUT2D eigenvalue weighted by atomic mass is 32.2. The van der Waals surface area contributed by atoms with Gasteiger partial charge in [0.05, 0.1) is 0 Å². The van der Waals surface area contributed by atoms with E-state index < -0.39 is 26.3 Å². The highest BCUT2D eigenvalue weighted by Crippen LogP contribution is 2.24. The van der Waals surface area contributed by atoms with E-state index in [1.807, 2.05) is 0 Å². The Labute approximate surface area is 229 Å². The minimum absolute atomic E-state index is 0.0198. The number of hydrogen-bond donors (Lipinski definition) is 2. The molecule has 0 bridgehead atoms. The molecular weight excluding hydrogens is 540 g/mol. The van der Waals surface area contributed by atoms with Crippen LogP contribution in [0.4, 0.5) is 16.2 Å². The number of amides is 2. The Morgan fingerprint density at radius 3 is 1.64 bits per heavy atom. The summed E-state index contributed by atoms with van der Waals surface area (Å²) in [5.41, 5.74) is 0.477. The number of allylic oxidation sites excluding steroid dienone is 9. The monoisotopic (exact) mass is 568 g/mol. The van der Waals surface area contributed by atoms with Crippen molar-refractivity contribution < 1.29 is 30.0 Å². The van der Waals surface area contributed by atoms with Gasteiger partial charge in [0.25, 0.3) is 0 Å². The third-order valence-corrected chi connectivity index (χ3v) is 7.16. The minimum Gasteiger partial charge on any atom is -0.379 e. The molecule has 2 aromatic carbocycles. The first-order valence-electron chi connectivity index (χ1n) is 11.3. The molecule has 2 rings (SSSR count). The van der Waals surface area contributed by atoms with Crippen LogP contribution in [0.15, 0.2) is 133 Å². The average molecular weight is 569 g/mol. The summed E-state index contributed by atoms with van der Waals surface area (Å²) in [6.07, 6.45) is 12.3. The van der Waals surface area contributed by atoms with Crippen LogP contribution in [0.2, 0.25) is 0 Å². The Morgan fingerprint density at radius 1 is 0.744 bits per heavy atom. The molecule has 0 radical (unpaired) electrons. The number of anilines is 2. The van der Waals surface area contributed by atoms with E-state index in [4.69, 9.17) is 8.37 Å². The largest absolute Gasteiger partial charge is 0.379 e. The van der Waals surface area contributed by atoms with Crippen molar-refractivity contribution in [3.63, 3.8) is 0 Å². The molecule has 11 heteroatoms. The fourth-order valence-corrected chi connectivity index (χ4v) is 4.83. The van der Waals surface area contributed by atoms with E-state index >= 15 is 0 Å². The molecule has 0 spiro atoms. The van der Waals surface area contributed by atoms with Crippen molar-refractivity contribution in [2.45, 2.75) is 6.92 Å². The van der Waals surface area contributed by atoms with E-state index in [1.165, 1.54) is 103 Å². The molecular formula is C28H28N2O7S2. The van der Waals surface area contributed by atoms with Gasteiger partial charge in [0.15, 0.2) is 0 Å². The summed E-state index contributed by atoms with van der Waals surface area (Å²) in [5.74, 6) is -0.0608. The molecule has 2 aromatic rings. The molecule has 9 nitrogen and oxygen atoms in total. The van der Waals surface area contributed by atoms with Crippen LogP contribution in [0, 0.1) is 0 Å². The Kier molecular flexibility index (Phi) is 11.3. The topological polar surface area (TPSA) is 128 Å². The predicted molar refractivity (Wildman–Crippen MR) is 155 cm³/mol. The van der Waals surface area contributed by atoms with Gasteiger partial charge in [-0.15, -0.1) is 0 Å². The quantitative estimate of drug-likeness (QED) is 0.217. The zero-order chi connectivity index (χ0) is 28.9. The first-order valence-corrected chi connectivity index (χ1v) is 14.1. The summed E-state index contributed by atoms with van der Waals surface area (Å²) in [4.78, 5) is 12.3. The molecule has 204 valence electrons. The summed E-state index contributed by atoms with van der Waals surface area (Å²) in [6, 6.07) is 10.9. The van der Waals surface area contributed by atoms with E-state index in [9.17, 15) is 21.6 Å². The number of carbonyl (C=O) groups excluding carboxylic acids is 1. The van der Waals surface area contributed by atoms with Crippen molar-refractivity contribution in [2.75, 3.05) is 10.6 Å². The molecule has 0 aliphatic rings. The maximum atomic E-state index is 12.6. The molecule has 2 amide bonds. The lowest BCUT2D eigenvalue weighted by atomic mass is 10.3. The molecule has 2 N–H and O–H groups in total. The highest BCUT2D eigenvalue weighted by Gasteiger charge is 2.19. The first-order chi connectivity index (χ1) is 18.5. The molecule has 0 saturated carbocycles. The molecule has 0 aliphatic heterocycles. The zero-order valence-electron chi connectivity index (χ0n) is 21.1. The van der Waals surface area contributed by atoms with Gasteiger partial charge in [-0.3, -0.25) is 0 Å². The third kappa shape index (κ3) is 9.65. The van der Waals surface area contributed by atoms with Gasteiger partial charge in [-0.2, -0.15) is 16.8 Å². The molecule has 0 fully saturated rings. The van der Waals surface area contributed by atoms with Crippen LogP contribution in [-0.2, 0) is 20.2 Å². The number of nitrogens with one attached hydrogen (secondary N) is 2. The predicted octanol–water partition coefficient (Wildman–Crippen LogP) is 6.21. The number of rotatable bonds is 13. The van der Waals surface area contributed by atoms with Crippen molar-refractivity contribution in [3.8, 4) is 11.5 Å². The number of urea groups is 1. The van der Waals surface area contributed by atoms with Crippen LogP contribution >= 0.6 is 0 Å². The average Bonchev–Trinajstić information content (AvgIpc) is 2.86. The van der Waals surface area contributed by atoms with Crippen molar-refractivity contribution in [2.24, 2.45) is 0 Å². The first kappa shape index (κ1) is 30.6. The van der Waals surface area contributed by atoms with Crippen molar-refractivity contribution >= 4 is 37.6 Å². The van der Waals surface area contributed by atoms with Crippen LogP contribution < -0.4 is 19.0 Å². The molecule has 39 heavy (non-hydrogen) atoms. The fourth-order valence-electron chi connectivity index (χ4n) is 2.88. The van der Waals surface area contributed by atoms with Gasteiger partial charge in [0.1, 0.15) is 21.3 Å². The van der Waals surface area contributed by atoms with Crippen LogP contribution in [0.3, 0.4) is 0 Å². The summed E-state index contributed by atoms with van der Waals surface area (Å²) < 4.78 is 60.7. The third-order valence-electron chi connectivity index (χ3n) is 4.53. The lowest BCUT2D eigenvalue weighted by Crippen LogP contribution is -2.19. The lowest BCUT2D eigenvalue weighted by molar-refractivity contribution is 0.262. The number of carbonyl (C=O) groups is 1. The summed E-state index contributed by atoms with van der Waals surface area (Å²) in [5, 5.41) is 5.11. The van der Waals surface area contributed by atoms with Gasteiger partial charge in [0, 0.05) is 23.5 Å². The van der Waals surface area contributed by atoms with Crippen LogP contribution in [0.25, 0.3) is 0 Å². The smallest absolute Gasteiger partial charge is 0.339 e. The van der Waals surface area contributed by atoms with E-state index in [2.05, 4.69) is 30.4 Å². The zero-order valence-corrected chi connectivity index (χ0v) is 22.7. The Morgan fingerprint density at radius 2 is 1.21 bits per heavy atom. The van der Waals surface area contributed by atoms with Crippen molar-refractivity contribution in [3.05, 3.63) is 133 Å². The van der Waals surface area contributed by atoms with Crippen molar-refractivity contribution in [1.29, 1.82) is 0 Å². The van der Waals surface area contributed by atoms with E-state index in [-0.39, 0.29) is 32.7 Å². The second-order valence-corrected chi connectivity index (χ2v) is 10.5. The summed E-state index contributed by atoms with van der Waals surface area (Å²) in [7, 11) is -8.30. The minimum atomic E-state index is -4.19. The van der Waals surface area contributed by atoms with E-state index in [0.29, 0.717) is 0 Å². The molecule has 0 unspecified atom stereocenters. The Balaban J connectivity index is 2.14. The molecule has 0 aliphatic carbocycles. The standard InChI is InChI=1S/C28H28N2O7S2/c1-5-9-18-26(8-4)38(32,33)36-24-16-11-14-22(20-24)29-28(31)30-23-15-12-17-25(21-23)37-39(34,35)27(13-7-3)19-10-6-2/h5-21H,1-3H2,4H3,(H2,29,30,31)/b18-9-,19-10-,26-8+,27-13+.